The van der Waals surface area contributed by atoms with Crippen LogP contribution in [0, 0.1) is 12.7 Å². The Morgan fingerprint density at radius 1 is 1.41 bits per heavy atom. The van der Waals surface area contributed by atoms with Crippen molar-refractivity contribution in [2.45, 2.75) is 43.9 Å². The molecule has 0 aromatic carbocycles. The average Bonchev–Trinajstić information content (AvgIpc) is 3.25. The van der Waals surface area contributed by atoms with E-state index in [9.17, 15) is 13.6 Å². The highest BCUT2D eigenvalue weighted by molar-refractivity contribution is 7.16. The van der Waals surface area contributed by atoms with Crippen LogP contribution in [0.2, 0.25) is 0 Å². The highest BCUT2D eigenvalue weighted by Gasteiger charge is 2.54. The van der Waals surface area contributed by atoms with Crippen LogP contribution in [0.3, 0.4) is 0 Å². The molecule has 1 saturated carbocycles. The van der Waals surface area contributed by atoms with E-state index in [1.807, 2.05) is 6.92 Å². The number of carbonyl (C=O) groups excluding carboxylic acids is 1. The molecule has 1 aliphatic carbocycles. The maximum atomic E-state index is 14.5. The van der Waals surface area contributed by atoms with E-state index in [1.54, 1.807) is 0 Å². The van der Waals surface area contributed by atoms with Crippen molar-refractivity contribution in [3.05, 3.63) is 28.0 Å². The normalized spacial score (nSPS) is 25.4. The zero-order valence-corrected chi connectivity index (χ0v) is 15.6. The third kappa shape index (κ3) is 2.63. The topological polar surface area (TPSA) is 78.9 Å². The Hall–Kier alpha value is -2.13. The lowest BCUT2D eigenvalue weighted by atomic mass is 10.1. The molecule has 2 aromatic heterocycles. The first-order valence-corrected chi connectivity index (χ1v) is 9.91. The van der Waals surface area contributed by atoms with Crippen molar-refractivity contribution in [3.63, 3.8) is 0 Å². The van der Waals surface area contributed by atoms with E-state index in [4.69, 9.17) is 0 Å². The molecule has 0 unspecified atom stereocenters. The fraction of sp³-hybridized carbons (Fsp3) is 0.500. The van der Waals surface area contributed by atoms with E-state index in [-0.39, 0.29) is 29.6 Å². The molecular weight excluding hydrogens is 372 g/mol. The summed E-state index contributed by atoms with van der Waals surface area (Å²) in [6.07, 6.45) is 2.49. The molecule has 3 aliphatic rings. The number of rotatable bonds is 3. The van der Waals surface area contributed by atoms with Gasteiger partial charge in [0, 0.05) is 11.4 Å². The quantitative estimate of drug-likeness (QED) is 0.749. The second kappa shape index (κ2) is 5.93. The number of halogens is 2. The summed E-state index contributed by atoms with van der Waals surface area (Å²) in [7, 11) is 0. The molecule has 4 heterocycles. The largest absolute Gasteiger partial charge is 0.348 e. The van der Waals surface area contributed by atoms with E-state index in [0.717, 1.165) is 29.5 Å². The van der Waals surface area contributed by atoms with Gasteiger partial charge in [-0.1, -0.05) is 0 Å². The summed E-state index contributed by atoms with van der Waals surface area (Å²) < 4.78 is 28.6. The van der Waals surface area contributed by atoms with Crippen molar-refractivity contribution in [2.24, 2.45) is 0 Å². The summed E-state index contributed by atoms with van der Waals surface area (Å²) in [6.45, 7) is 2.81. The number of carbonyl (C=O) groups is 1. The highest BCUT2D eigenvalue weighted by Crippen LogP contribution is 2.55. The fourth-order valence-corrected chi connectivity index (χ4v) is 5.41. The van der Waals surface area contributed by atoms with Gasteiger partial charge in [0.05, 0.1) is 28.2 Å². The number of aromatic nitrogens is 2. The minimum Gasteiger partial charge on any atom is -0.348 e. The number of anilines is 1. The van der Waals surface area contributed by atoms with Crippen LogP contribution in [0.15, 0.2) is 6.20 Å². The standard InChI is InChI=1S/C18H19F2N5OS/c1-8-12-15(18(3-4-18)25-16(12)26)27-14(8)13-10(20)7-22-17(24-13)23-11-2-5-21-6-9(11)19/h7,9,11,21H,2-6H2,1H3,(H,25,26)(H,22,23,24)/t9-,11+/m1/s1. The lowest BCUT2D eigenvalue weighted by Crippen LogP contribution is -2.45. The third-order valence-electron chi connectivity index (χ3n) is 5.59. The number of hydrogen-bond acceptors (Lipinski definition) is 6. The summed E-state index contributed by atoms with van der Waals surface area (Å²) in [5.41, 5.74) is 1.31. The predicted molar refractivity (Wildman–Crippen MR) is 98.2 cm³/mol. The molecule has 142 valence electrons. The molecular formula is C18H19F2N5OS. The second-order valence-corrected chi connectivity index (χ2v) is 8.47. The molecule has 2 fully saturated rings. The van der Waals surface area contributed by atoms with E-state index in [2.05, 4.69) is 25.9 Å². The third-order valence-corrected chi connectivity index (χ3v) is 7.10. The molecule has 2 aromatic rings. The van der Waals surface area contributed by atoms with Crippen molar-refractivity contribution >= 4 is 23.2 Å². The summed E-state index contributed by atoms with van der Waals surface area (Å²) in [4.78, 5) is 22.3. The van der Waals surface area contributed by atoms with Crippen molar-refractivity contribution in [3.8, 4) is 10.6 Å². The Bertz CT molecular complexity index is 942. The molecule has 1 spiro atoms. The van der Waals surface area contributed by atoms with Crippen LogP contribution in [-0.4, -0.2) is 41.2 Å². The molecule has 6 nitrogen and oxygen atoms in total. The van der Waals surface area contributed by atoms with Crippen LogP contribution in [0.4, 0.5) is 14.7 Å². The molecule has 5 rings (SSSR count). The predicted octanol–water partition coefficient (Wildman–Crippen LogP) is 2.50. The van der Waals surface area contributed by atoms with E-state index < -0.39 is 18.0 Å². The maximum Gasteiger partial charge on any atom is 0.253 e. The molecule has 27 heavy (non-hydrogen) atoms. The Morgan fingerprint density at radius 2 is 2.22 bits per heavy atom. The average molecular weight is 391 g/mol. The van der Waals surface area contributed by atoms with Gasteiger partial charge in [-0.2, -0.15) is 0 Å². The summed E-state index contributed by atoms with van der Waals surface area (Å²) in [6, 6.07) is -0.403. The maximum absolute atomic E-state index is 14.5. The van der Waals surface area contributed by atoms with Crippen LogP contribution in [0.1, 0.15) is 40.1 Å². The minimum atomic E-state index is -1.05. The Kier molecular flexibility index (Phi) is 3.74. The van der Waals surface area contributed by atoms with E-state index in [1.165, 1.54) is 11.3 Å². The number of amides is 1. The second-order valence-electron chi connectivity index (χ2n) is 7.45. The van der Waals surface area contributed by atoms with Crippen molar-refractivity contribution < 1.29 is 13.6 Å². The number of hydrogen-bond donors (Lipinski definition) is 3. The van der Waals surface area contributed by atoms with Gasteiger partial charge in [-0.05, 0) is 38.3 Å². The fourth-order valence-electron chi connectivity index (χ4n) is 3.91. The van der Waals surface area contributed by atoms with Gasteiger partial charge in [0.2, 0.25) is 5.95 Å². The van der Waals surface area contributed by atoms with E-state index in [0.29, 0.717) is 23.4 Å². The minimum absolute atomic E-state index is 0.0923. The summed E-state index contributed by atoms with van der Waals surface area (Å²) >= 11 is 1.42. The number of alkyl halides is 1. The monoisotopic (exact) mass is 391 g/mol. The molecule has 2 aliphatic heterocycles. The lowest BCUT2D eigenvalue weighted by molar-refractivity contribution is 0.0952. The number of fused-ring (bicyclic) bond motifs is 2. The van der Waals surface area contributed by atoms with Gasteiger partial charge < -0.3 is 16.0 Å². The smallest absolute Gasteiger partial charge is 0.253 e. The van der Waals surface area contributed by atoms with Crippen LogP contribution < -0.4 is 16.0 Å². The molecule has 0 radical (unpaired) electrons. The van der Waals surface area contributed by atoms with Gasteiger partial charge in [0.1, 0.15) is 11.9 Å². The highest BCUT2D eigenvalue weighted by atomic mass is 32.1. The zero-order chi connectivity index (χ0) is 18.8. The number of thiophene rings is 1. The molecule has 1 amide bonds. The van der Waals surface area contributed by atoms with Gasteiger partial charge in [-0.15, -0.1) is 11.3 Å². The number of nitrogens with one attached hydrogen (secondary N) is 3. The molecule has 1 saturated heterocycles. The first-order chi connectivity index (χ1) is 13.0. The first-order valence-electron chi connectivity index (χ1n) is 9.09. The molecule has 2 atom stereocenters. The Labute approximate surface area is 158 Å². The van der Waals surface area contributed by atoms with Crippen LogP contribution in [0.5, 0.6) is 0 Å². The SMILES string of the molecule is Cc1c(-c2nc(N[C@H]3CCNC[C@H]3F)ncc2F)sc2c1C(=O)NC21CC1. The van der Waals surface area contributed by atoms with Crippen LogP contribution in [0.25, 0.3) is 10.6 Å². The van der Waals surface area contributed by atoms with Crippen molar-refractivity contribution in [1.82, 2.24) is 20.6 Å². The molecule has 0 bridgehead atoms. The molecule has 9 heteroatoms. The zero-order valence-electron chi connectivity index (χ0n) is 14.7. The van der Waals surface area contributed by atoms with E-state index >= 15 is 0 Å². The first kappa shape index (κ1) is 17.0. The van der Waals surface area contributed by atoms with Crippen LogP contribution in [-0.2, 0) is 5.54 Å². The Morgan fingerprint density at radius 3 is 2.96 bits per heavy atom. The number of piperidine rings is 1. The van der Waals surface area contributed by atoms with Gasteiger partial charge in [-0.3, -0.25) is 4.79 Å². The number of nitrogens with zero attached hydrogens (tertiary/aromatic N) is 2. The molecule has 3 N–H and O–H groups in total. The Balaban J connectivity index is 1.51. The van der Waals surface area contributed by atoms with Crippen molar-refractivity contribution in [2.75, 3.05) is 18.4 Å². The van der Waals surface area contributed by atoms with Crippen molar-refractivity contribution in [1.29, 1.82) is 0 Å². The van der Waals surface area contributed by atoms with Gasteiger partial charge >= 0.3 is 0 Å². The summed E-state index contributed by atoms with van der Waals surface area (Å²) in [5.74, 6) is -0.430. The van der Waals surface area contributed by atoms with Gasteiger partial charge in [0.15, 0.2) is 5.82 Å². The lowest BCUT2D eigenvalue weighted by Gasteiger charge is -2.27. The van der Waals surface area contributed by atoms with Gasteiger partial charge in [-0.25, -0.2) is 18.7 Å². The summed E-state index contributed by atoms with van der Waals surface area (Å²) in [5, 5.41) is 9.03. The van der Waals surface area contributed by atoms with Gasteiger partial charge in [0.25, 0.3) is 5.91 Å². The van der Waals surface area contributed by atoms with Crippen LogP contribution >= 0.6 is 11.3 Å².